The Labute approximate surface area is 148 Å². The van der Waals surface area contributed by atoms with Crippen LogP contribution < -0.4 is 5.32 Å². The number of hydrogen-bond donors (Lipinski definition) is 1. The Morgan fingerprint density at radius 2 is 1.96 bits per heavy atom. The summed E-state index contributed by atoms with van der Waals surface area (Å²) in [7, 11) is 1.24. The minimum Gasteiger partial charge on any atom is -0.465 e. The van der Waals surface area contributed by atoms with Crippen molar-refractivity contribution in [2.45, 2.75) is 0 Å². The molecule has 0 radical (unpaired) electrons. The van der Waals surface area contributed by atoms with Gasteiger partial charge in [-0.1, -0.05) is 23.7 Å². The largest absolute Gasteiger partial charge is 0.465 e. The lowest BCUT2D eigenvalue weighted by molar-refractivity contribution is -0.385. The second-order valence-corrected chi connectivity index (χ2v) is 5.23. The summed E-state index contributed by atoms with van der Waals surface area (Å²) in [5, 5.41) is 13.7. The van der Waals surface area contributed by atoms with E-state index >= 15 is 0 Å². The second-order valence-electron chi connectivity index (χ2n) is 4.82. The SMILES string of the molecule is COC(=O)c1ccc(Cl)c(NC(=O)/C=C/c2ccccc2[N+](=O)[O-])c1. The summed E-state index contributed by atoms with van der Waals surface area (Å²) in [6.45, 7) is 0. The number of para-hydroxylation sites is 1. The van der Waals surface area contributed by atoms with Crippen molar-refractivity contribution in [1.82, 2.24) is 0 Å². The highest BCUT2D eigenvalue weighted by Gasteiger charge is 2.12. The van der Waals surface area contributed by atoms with Crippen molar-refractivity contribution in [3.8, 4) is 0 Å². The molecule has 0 saturated heterocycles. The molecule has 0 atom stereocenters. The minimum absolute atomic E-state index is 0.114. The Balaban J connectivity index is 2.18. The lowest BCUT2D eigenvalue weighted by Crippen LogP contribution is -2.10. The highest BCUT2D eigenvalue weighted by atomic mass is 35.5. The summed E-state index contributed by atoms with van der Waals surface area (Å²) < 4.78 is 4.60. The highest BCUT2D eigenvalue weighted by Crippen LogP contribution is 2.24. The first-order chi connectivity index (χ1) is 11.9. The monoisotopic (exact) mass is 360 g/mol. The third-order valence-corrected chi connectivity index (χ3v) is 3.52. The number of carbonyl (C=O) groups excluding carboxylic acids is 2. The third-order valence-electron chi connectivity index (χ3n) is 3.19. The number of benzene rings is 2. The van der Waals surface area contributed by atoms with E-state index in [1.807, 2.05) is 0 Å². The molecular weight excluding hydrogens is 348 g/mol. The maximum absolute atomic E-state index is 12.0. The number of amides is 1. The molecule has 8 heteroatoms. The molecule has 128 valence electrons. The number of anilines is 1. The van der Waals surface area contributed by atoms with Gasteiger partial charge in [0.2, 0.25) is 5.91 Å². The van der Waals surface area contributed by atoms with Crippen LogP contribution in [0.5, 0.6) is 0 Å². The van der Waals surface area contributed by atoms with E-state index in [0.717, 1.165) is 6.08 Å². The van der Waals surface area contributed by atoms with Gasteiger partial charge in [0.15, 0.2) is 0 Å². The summed E-state index contributed by atoms with van der Waals surface area (Å²) in [4.78, 5) is 34.0. The number of nitro benzene ring substituents is 1. The van der Waals surface area contributed by atoms with Crippen molar-refractivity contribution in [1.29, 1.82) is 0 Å². The average Bonchev–Trinajstić information content (AvgIpc) is 2.61. The Hall–Kier alpha value is -3.19. The Kier molecular flexibility index (Phi) is 5.86. The lowest BCUT2D eigenvalue weighted by atomic mass is 10.1. The molecule has 0 unspecified atom stereocenters. The molecule has 0 heterocycles. The molecule has 0 saturated carbocycles. The number of rotatable bonds is 5. The summed E-state index contributed by atoms with van der Waals surface area (Å²) >= 11 is 5.99. The van der Waals surface area contributed by atoms with Gasteiger partial charge in [0.1, 0.15) is 0 Å². The van der Waals surface area contributed by atoms with E-state index < -0.39 is 16.8 Å². The molecule has 1 amide bonds. The lowest BCUT2D eigenvalue weighted by Gasteiger charge is -2.07. The number of esters is 1. The van der Waals surface area contributed by atoms with Crippen molar-refractivity contribution in [2.24, 2.45) is 0 Å². The van der Waals surface area contributed by atoms with Crippen molar-refractivity contribution < 1.29 is 19.2 Å². The number of hydrogen-bond acceptors (Lipinski definition) is 5. The molecule has 0 fully saturated rings. The Morgan fingerprint density at radius 1 is 1.24 bits per heavy atom. The van der Waals surface area contributed by atoms with Gasteiger partial charge in [-0.3, -0.25) is 14.9 Å². The van der Waals surface area contributed by atoms with E-state index in [1.54, 1.807) is 6.07 Å². The molecular formula is C17H13ClN2O5. The fourth-order valence-corrected chi connectivity index (χ4v) is 2.17. The zero-order valence-corrected chi connectivity index (χ0v) is 13.8. The third kappa shape index (κ3) is 4.65. The van der Waals surface area contributed by atoms with E-state index in [9.17, 15) is 19.7 Å². The maximum atomic E-state index is 12.0. The van der Waals surface area contributed by atoms with Crippen molar-refractivity contribution in [3.63, 3.8) is 0 Å². The normalized spacial score (nSPS) is 10.5. The molecule has 0 spiro atoms. The summed E-state index contributed by atoms with van der Waals surface area (Å²) in [6, 6.07) is 10.3. The highest BCUT2D eigenvalue weighted by molar-refractivity contribution is 6.34. The van der Waals surface area contributed by atoms with Crippen LogP contribution >= 0.6 is 11.6 Å². The zero-order chi connectivity index (χ0) is 18.4. The molecule has 2 aromatic rings. The molecule has 0 bridgehead atoms. The molecule has 2 rings (SSSR count). The summed E-state index contributed by atoms with van der Waals surface area (Å²) in [5.41, 5.74) is 0.626. The average molecular weight is 361 g/mol. The molecule has 7 nitrogen and oxygen atoms in total. The number of carbonyl (C=O) groups is 2. The number of nitro groups is 1. The predicted molar refractivity (Wildman–Crippen MR) is 93.6 cm³/mol. The number of nitrogens with zero attached hydrogens (tertiary/aromatic N) is 1. The van der Waals surface area contributed by atoms with Gasteiger partial charge in [0, 0.05) is 12.1 Å². The standard InChI is InChI=1S/C17H13ClN2O5/c1-25-17(22)12-6-8-13(18)14(10-12)19-16(21)9-7-11-4-2-3-5-15(11)20(23)24/h2-10H,1H3,(H,19,21)/b9-7+. The molecule has 0 aliphatic heterocycles. The predicted octanol–water partition coefficient (Wildman–Crippen LogP) is 3.69. The van der Waals surface area contributed by atoms with E-state index in [-0.39, 0.29) is 27.5 Å². The van der Waals surface area contributed by atoms with Crippen LogP contribution in [0.2, 0.25) is 5.02 Å². The van der Waals surface area contributed by atoms with E-state index in [1.165, 1.54) is 49.6 Å². The molecule has 25 heavy (non-hydrogen) atoms. The smallest absolute Gasteiger partial charge is 0.337 e. The number of methoxy groups -OCH3 is 1. The number of halogens is 1. The fraction of sp³-hybridized carbons (Fsp3) is 0.0588. The van der Waals surface area contributed by atoms with Crippen LogP contribution in [0.25, 0.3) is 6.08 Å². The molecule has 0 aliphatic rings. The van der Waals surface area contributed by atoms with Crippen LogP contribution in [-0.2, 0) is 9.53 Å². The van der Waals surface area contributed by atoms with Gasteiger partial charge >= 0.3 is 5.97 Å². The van der Waals surface area contributed by atoms with Crippen LogP contribution in [0.15, 0.2) is 48.5 Å². The van der Waals surface area contributed by atoms with Crippen LogP contribution in [-0.4, -0.2) is 23.9 Å². The van der Waals surface area contributed by atoms with Crippen LogP contribution in [0.3, 0.4) is 0 Å². The van der Waals surface area contributed by atoms with Crippen molar-refractivity contribution >= 4 is 40.9 Å². The second kappa shape index (κ2) is 8.07. The molecule has 0 aliphatic carbocycles. The van der Waals surface area contributed by atoms with Gasteiger partial charge in [-0.15, -0.1) is 0 Å². The Morgan fingerprint density at radius 3 is 2.64 bits per heavy atom. The fourth-order valence-electron chi connectivity index (χ4n) is 2.00. The topological polar surface area (TPSA) is 98.5 Å². The molecule has 2 aromatic carbocycles. The molecule has 0 aromatic heterocycles. The first-order valence-electron chi connectivity index (χ1n) is 7.02. The van der Waals surface area contributed by atoms with Crippen molar-refractivity contribution in [2.75, 3.05) is 12.4 Å². The van der Waals surface area contributed by atoms with Gasteiger partial charge in [-0.05, 0) is 30.3 Å². The van der Waals surface area contributed by atoms with Gasteiger partial charge in [-0.25, -0.2) is 4.79 Å². The van der Waals surface area contributed by atoms with Gasteiger partial charge < -0.3 is 10.1 Å². The first-order valence-corrected chi connectivity index (χ1v) is 7.40. The van der Waals surface area contributed by atoms with Crippen molar-refractivity contribution in [3.05, 3.63) is 74.8 Å². The Bertz CT molecular complexity index is 864. The summed E-state index contributed by atoms with van der Waals surface area (Å²) in [5.74, 6) is -1.12. The quantitative estimate of drug-likeness (QED) is 0.379. The van der Waals surface area contributed by atoms with E-state index in [2.05, 4.69) is 10.1 Å². The minimum atomic E-state index is -0.567. The van der Waals surface area contributed by atoms with E-state index in [0.29, 0.717) is 0 Å². The van der Waals surface area contributed by atoms with Crippen LogP contribution in [0.4, 0.5) is 11.4 Å². The number of nitrogens with one attached hydrogen (secondary N) is 1. The summed E-state index contributed by atoms with van der Waals surface area (Å²) in [6.07, 6.45) is 2.47. The van der Waals surface area contributed by atoms with Gasteiger partial charge in [0.05, 0.1) is 33.9 Å². The van der Waals surface area contributed by atoms with Gasteiger partial charge in [0.25, 0.3) is 5.69 Å². The van der Waals surface area contributed by atoms with Gasteiger partial charge in [-0.2, -0.15) is 0 Å². The van der Waals surface area contributed by atoms with Crippen LogP contribution in [0, 0.1) is 10.1 Å². The van der Waals surface area contributed by atoms with Crippen LogP contribution in [0.1, 0.15) is 15.9 Å². The zero-order valence-electron chi connectivity index (χ0n) is 13.1. The maximum Gasteiger partial charge on any atom is 0.337 e. The molecule has 1 N–H and O–H groups in total. The first kappa shape index (κ1) is 18.2. The van der Waals surface area contributed by atoms with E-state index in [4.69, 9.17) is 11.6 Å². The number of ether oxygens (including phenoxy) is 1.